The van der Waals surface area contributed by atoms with E-state index in [4.69, 9.17) is 27.3 Å². The van der Waals surface area contributed by atoms with Gasteiger partial charge in [-0.25, -0.2) is 4.39 Å². The molecule has 0 amide bonds. The van der Waals surface area contributed by atoms with Crippen LogP contribution in [-0.2, 0) is 0 Å². The van der Waals surface area contributed by atoms with Crippen molar-refractivity contribution in [2.24, 2.45) is 10.9 Å². The highest BCUT2D eigenvalue weighted by Crippen LogP contribution is 2.35. The molecule has 2 rings (SSSR count). The second-order valence-electron chi connectivity index (χ2n) is 3.90. The van der Waals surface area contributed by atoms with Gasteiger partial charge in [-0.2, -0.15) is 0 Å². The summed E-state index contributed by atoms with van der Waals surface area (Å²) in [6.45, 7) is 0. The maximum Gasteiger partial charge on any atom is 0.180 e. The van der Waals surface area contributed by atoms with Crippen molar-refractivity contribution in [3.8, 4) is 11.5 Å². The first kappa shape index (κ1) is 16.1. The van der Waals surface area contributed by atoms with Gasteiger partial charge in [-0.05, 0) is 46.3 Å². The van der Waals surface area contributed by atoms with E-state index in [0.717, 1.165) is 4.47 Å². The van der Waals surface area contributed by atoms with Gasteiger partial charge in [0.15, 0.2) is 17.4 Å². The summed E-state index contributed by atoms with van der Waals surface area (Å²) in [6.07, 6.45) is 0. The Morgan fingerprint density at radius 1 is 1.24 bits per heavy atom. The molecule has 0 saturated carbocycles. The molecule has 0 spiro atoms. The zero-order valence-corrected chi connectivity index (χ0v) is 14.2. The first-order valence-electron chi connectivity index (χ1n) is 5.53. The molecule has 0 fully saturated rings. The topological polar surface area (TPSA) is 67.8 Å². The standard InChI is InChI=1S/C13H8Br2ClFN2O2/c14-6-1-3-8(16)10(5-6)21-9-4-2-7(13(18)19-20)11(15)12(9)17/h1-5,20H,(H2,18,19). The number of oxime groups is 1. The van der Waals surface area contributed by atoms with Crippen LogP contribution in [0.4, 0.5) is 4.39 Å². The Kier molecular flexibility index (Phi) is 5.08. The van der Waals surface area contributed by atoms with Crippen molar-refractivity contribution in [1.82, 2.24) is 0 Å². The molecule has 0 bridgehead atoms. The van der Waals surface area contributed by atoms with Crippen molar-refractivity contribution in [2.75, 3.05) is 0 Å². The maximum atomic E-state index is 14.3. The number of ether oxygens (including phenoxy) is 1. The van der Waals surface area contributed by atoms with Crippen LogP contribution in [0.5, 0.6) is 11.5 Å². The number of rotatable bonds is 3. The summed E-state index contributed by atoms with van der Waals surface area (Å²) < 4.78 is 20.5. The Labute approximate surface area is 141 Å². The van der Waals surface area contributed by atoms with E-state index in [9.17, 15) is 4.39 Å². The highest BCUT2D eigenvalue weighted by molar-refractivity contribution is 9.10. The lowest BCUT2D eigenvalue weighted by Gasteiger charge is -2.11. The van der Waals surface area contributed by atoms with Crippen LogP contribution in [0.15, 0.2) is 44.4 Å². The summed E-state index contributed by atoms with van der Waals surface area (Å²) in [5, 5.41) is 11.8. The Bertz CT molecular complexity index is 726. The summed E-state index contributed by atoms with van der Waals surface area (Å²) in [6, 6.07) is 7.81. The predicted molar refractivity (Wildman–Crippen MR) is 85.8 cm³/mol. The van der Waals surface area contributed by atoms with Crippen LogP contribution in [0.2, 0.25) is 5.02 Å². The molecule has 3 N–H and O–H groups in total. The molecule has 2 aromatic rings. The third-order valence-electron chi connectivity index (χ3n) is 2.54. The zero-order valence-electron chi connectivity index (χ0n) is 10.3. The summed E-state index contributed by atoms with van der Waals surface area (Å²) in [7, 11) is 0. The molecule has 110 valence electrons. The number of nitrogens with zero attached hydrogens (tertiary/aromatic N) is 1. The summed E-state index contributed by atoms with van der Waals surface area (Å²) in [5.41, 5.74) is 5.66. The SMILES string of the molecule is N/C(=N/O)c1ccc(Oc2cc(Br)ccc2Cl)c(F)c1Br. The molecule has 0 aromatic heterocycles. The minimum absolute atomic E-state index is 0.0291. The smallest absolute Gasteiger partial charge is 0.180 e. The van der Waals surface area contributed by atoms with Crippen LogP contribution in [0.1, 0.15) is 5.56 Å². The van der Waals surface area contributed by atoms with Gasteiger partial charge in [-0.3, -0.25) is 0 Å². The highest BCUT2D eigenvalue weighted by Gasteiger charge is 2.16. The number of nitrogens with two attached hydrogens (primary N) is 1. The van der Waals surface area contributed by atoms with Crippen molar-refractivity contribution >= 4 is 49.3 Å². The second kappa shape index (κ2) is 6.64. The molecule has 0 unspecified atom stereocenters. The summed E-state index contributed by atoms with van der Waals surface area (Å²) in [4.78, 5) is 0. The van der Waals surface area contributed by atoms with Crippen molar-refractivity contribution < 1.29 is 14.3 Å². The third-order valence-corrected chi connectivity index (χ3v) is 4.12. The average Bonchev–Trinajstić information content (AvgIpc) is 2.47. The van der Waals surface area contributed by atoms with Gasteiger partial charge in [-0.15, -0.1) is 0 Å². The van der Waals surface area contributed by atoms with Gasteiger partial charge in [-0.1, -0.05) is 32.7 Å². The average molecular weight is 438 g/mol. The second-order valence-corrected chi connectivity index (χ2v) is 6.02. The van der Waals surface area contributed by atoms with E-state index in [-0.39, 0.29) is 21.6 Å². The lowest BCUT2D eigenvalue weighted by atomic mass is 10.2. The molecule has 4 nitrogen and oxygen atoms in total. The number of benzene rings is 2. The zero-order chi connectivity index (χ0) is 15.6. The summed E-state index contributed by atoms with van der Waals surface area (Å²) in [5.74, 6) is -0.646. The first-order valence-corrected chi connectivity index (χ1v) is 7.49. The van der Waals surface area contributed by atoms with Crippen LogP contribution < -0.4 is 10.5 Å². The fraction of sp³-hybridized carbons (Fsp3) is 0. The number of hydrogen-bond acceptors (Lipinski definition) is 3. The molecule has 0 radical (unpaired) electrons. The van der Waals surface area contributed by atoms with Crippen LogP contribution >= 0.6 is 43.5 Å². The van der Waals surface area contributed by atoms with Gasteiger partial charge in [0, 0.05) is 10.0 Å². The minimum Gasteiger partial charge on any atom is -0.453 e. The molecule has 0 heterocycles. The van der Waals surface area contributed by atoms with E-state index in [0.29, 0.717) is 10.8 Å². The molecule has 0 saturated heterocycles. The molecular weight excluding hydrogens is 430 g/mol. The van der Waals surface area contributed by atoms with Gasteiger partial charge in [0.25, 0.3) is 0 Å². The lowest BCUT2D eigenvalue weighted by Crippen LogP contribution is -2.14. The quantitative estimate of drug-likeness (QED) is 0.310. The van der Waals surface area contributed by atoms with Gasteiger partial charge in [0.05, 0.1) is 9.50 Å². The van der Waals surface area contributed by atoms with Gasteiger partial charge >= 0.3 is 0 Å². The van der Waals surface area contributed by atoms with Crippen molar-refractivity contribution in [2.45, 2.75) is 0 Å². The largest absolute Gasteiger partial charge is 0.453 e. The Balaban J connectivity index is 2.42. The predicted octanol–water partition coefficient (Wildman–Crippen LogP) is 4.89. The minimum atomic E-state index is -0.685. The van der Waals surface area contributed by atoms with Crippen LogP contribution in [-0.4, -0.2) is 11.0 Å². The van der Waals surface area contributed by atoms with Gasteiger partial charge < -0.3 is 15.7 Å². The van der Waals surface area contributed by atoms with E-state index in [1.165, 1.54) is 12.1 Å². The Hall–Kier alpha value is -1.31. The Morgan fingerprint density at radius 2 is 1.95 bits per heavy atom. The molecular formula is C13H8Br2ClFN2O2. The molecule has 0 atom stereocenters. The van der Waals surface area contributed by atoms with Crippen LogP contribution in [0.3, 0.4) is 0 Å². The first-order chi connectivity index (χ1) is 9.93. The number of amidine groups is 1. The van der Waals surface area contributed by atoms with E-state index in [1.807, 2.05) is 0 Å². The van der Waals surface area contributed by atoms with Gasteiger partial charge in [0.2, 0.25) is 0 Å². The van der Waals surface area contributed by atoms with E-state index in [1.54, 1.807) is 18.2 Å². The van der Waals surface area contributed by atoms with Crippen molar-refractivity contribution in [3.05, 3.63) is 55.7 Å². The van der Waals surface area contributed by atoms with E-state index < -0.39 is 5.82 Å². The normalized spacial score (nSPS) is 11.5. The van der Waals surface area contributed by atoms with E-state index in [2.05, 4.69) is 37.0 Å². The molecule has 21 heavy (non-hydrogen) atoms. The van der Waals surface area contributed by atoms with Crippen molar-refractivity contribution in [1.29, 1.82) is 0 Å². The monoisotopic (exact) mass is 436 g/mol. The Morgan fingerprint density at radius 3 is 2.62 bits per heavy atom. The van der Waals surface area contributed by atoms with Crippen molar-refractivity contribution in [3.63, 3.8) is 0 Å². The molecule has 0 aliphatic heterocycles. The molecule has 8 heteroatoms. The van der Waals surface area contributed by atoms with Gasteiger partial charge in [0.1, 0.15) is 5.75 Å². The highest BCUT2D eigenvalue weighted by atomic mass is 79.9. The molecule has 0 aliphatic rings. The fourth-order valence-corrected chi connectivity index (χ4v) is 2.56. The van der Waals surface area contributed by atoms with Crippen LogP contribution in [0, 0.1) is 5.82 Å². The summed E-state index contributed by atoms with van der Waals surface area (Å²) >= 11 is 12.3. The number of hydrogen-bond donors (Lipinski definition) is 2. The molecule has 0 aliphatic carbocycles. The molecule has 2 aromatic carbocycles. The third kappa shape index (κ3) is 3.48. The van der Waals surface area contributed by atoms with Crippen LogP contribution in [0.25, 0.3) is 0 Å². The van der Waals surface area contributed by atoms with E-state index >= 15 is 0 Å². The fourth-order valence-electron chi connectivity index (χ4n) is 1.54. The number of halogens is 4. The maximum absolute atomic E-state index is 14.3. The lowest BCUT2D eigenvalue weighted by molar-refractivity contribution is 0.318.